The van der Waals surface area contributed by atoms with Gasteiger partial charge < -0.3 is 15.0 Å². The van der Waals surface area contributed by atoms with Gasteiger partial charge in [0.15, 0.2) is 0 Å². The summed E-state index contributed by atoms with van der Waals surface area (Å²) in [6, 6.07) is 0.184. The lowest BCUT2D eigenvalue weighted by Gasteiger charge is -2.53. The smallest absolute Gasteiger partial charge is 0.410 e. The molecule has 0 aromatic rings. The molecule has 2 amide bonds. The molecule has 1 N–H and O–H groups in total. The third-order valence-electron chi connectivity index (χ3n) is 3.55. The van der Waals surface area contributed by atoms with E-state index in [1.165, 1.54) is 0 Å². The third-order valence-corrected chi connectivity index (χ3v) is 3.55. The maximum absolute atomic E-state index is 12.1. The van der Waals surface area contributed by atoms with Crippen molar-refractivity contribution in [2.75, 3.05) is 13.1 Å². The molecule has 5 nitrogen and oxygen atoms in total. The molecular formula is C13H22N2O3. The molecule has 2 fully saturated rings. The zero-order valence-corrected chi connectivity index (χ0v) is 11.7. The van der Waals surface area contributed by atoms with Gasteiger partial charge in [0.2, 0.25) is 5.91 Å². The number of piperidine rings is 1. The van der Waals surface area contributed by atoms with E-state index in [1.807, 2.05) is 20.8 Å². The van der Waals surface area contributed by atoms with Crippen molar-refractivity contribution in [3.8, 4) is 0 Å². The summed E-state index contributed by atoms with van der Waals surface area (Å²) in [6.07, 6.45) is -0.325. The number of ether oxygens (including phenoxy) is 1. The summed E-state index contributed by atoms with van der Waals surface area (Å²) in [5.41, 5.74) is -0.603. The first kappa shape index (κ1) is 13.2. The fourth-order valence-electron chi connectivity index (χ4n) is 2.70. The fourth-order valence-corrected chi connectivity index (χ4v) is 2.70. The van der Waals surface area contributed by atoms with Crippen LogP contribution in [0.4, 0.5) is 4.79 Å². The number of fused-ring (bicyclic) bond motifs is 1. The number of hydrogen-bond donors (Lipinski definition) is 1. The minimum absolute atomic E-state index is 0.0429. The Kier molecular flexibility index (Phi) is 2.83. The fraction of sp³-hybridized carbons (Fsp3) is 0.846. The van der Waals surface area contributed by atoms with E-state index >= 15 is 0 Å². The Bertz CT molecular complexity index is 384. The highest BCUT2D eigenvalue weighted by molar-refractivity contribution is 5.87. The maximum atomic E-state index is 12.1. The Balaban J connectivity index is 2.07. The van der Waals surface area contributed by atoms with Gasteiger partial charge in [0.25, 0.3) is 0 Å². The predicted octanol–water partition coefficient (Wildman–Crippen LogP) is 1.38. The molecule has 2 heterocycles. The second kappa shape index (κ2) is 3.87. The van der Waals surface area contributed by atoms with E-state index in [-0.39, 0.29) is 29.4 Å². The molecule has 2 atom stereocenters. The molecule has 0 bridgehead atoms. The molecule has 18 heavy (non-hydrogen) atoms. The Hall–Kier alpha value is -1.26. The minimum atomic E-state index is -0.500. The summed E-state index contributed by atoms with van der Waals surface area (Å²) >= 11 is 0. The number of hydrogen-bond acceptors (Lipinski definition) is 3. The van der Waals surface area contributed by atoms with Crippen molar-refractivity contribution in [2.24, 2.45) is 11.3 Å². The summed E-state index contributed by atoms with van der Waals surface area (Å²) < 4.78 is 5.37. The summed E-state index contributed by atoms with van der Waals surface area (Å²) in [7, 11) is 0. The van der Waals surface area contributed by atoms with Crippen LogP contribution < -0.4 is 5.32 Å². The molecule has 2 aliphatic rings. The number of nitrogens with zero attached hydrogens (tertiary/aromatic N) is 1. The molecular weight excluding hydrogens is 232 g/mol. The zero-order chi connectivity index (χ0) is 13.7. The first-order chi connectivity index (χ1) is 8.10. The molecule has 0 aromatic heterocycles. The Morgan fingerprint density at radius 1 is 1.44 bits per heavy atom. The van der Waals surface area contributed by atoms with Gasteiger partial charge in [0.05, 0.1) is 5.92 Å². The molecule has 0 saturated carbocycles. The van der Waals surface area contributed by atoms with Crippen LogP contribution in [-0.2, 0) is 9.53 Å². The highest BCUT2D eigenvalue weighted by atomic mass is 16.6. The van der Waals surface area contributed by atoms with Crippen molar-refractivity contribution in [1.29, 1.82) is 0 Å². The standard InChI is InChI=1S/C13H22N2O3/c1-12(2,3)18-11(17)15-6-8-9(14-10(8)16)13(4,5)7-15/h8-9H,6-7H2,1-5H3,(H,14,16). The van der Waals surface area contributed by atoms with Gasteiger partial charge in [-0.3, -0.25) is 4.79 Å². The molecule has 0 aromatic carbocycles. The van der Waals surface area contributed by atoms with Gasteiger partial charge in [-0.15, -0.1) is 0 Å². The normalized spacial score (nSPS) is 30.1. The van der Waals surface area contributed by atoms with Crippen molar-refractivity contribution in [3.63, 3.8) is 0 Å². The number of nitrogens with one attached hydrogen (secondary N) is 1. The van der Waals surface area contributed by atoms with Gasteiger partial charge in [-0.2, -0.15) is 0 Å². The van der Waals surface area contributed by atoms with E-state index in [0.29, 0.717) is 13.1 Å². The lowest BCUT2D eigenvalue weighted by atomic mass is 9.69. The zero-order valence-electron chi connectivity index (χ0n) is 11.7. The van der Waals surface area contributed by atoms with Gasteiger partial charge in [0, 0.05) is 24.5 Å². The molecule has 2 unspecified atom stereocenters. The van der Waals surface area contributed by atoms with Crippen LogP contribution in [0.1, 0.15) is 34.6 Å². The van der Waals surface area contributed by atoms with Gasteiger partial charge >= 0.3 is 6.09 Å². The molecule has 5 heteroatoms. The molecule has 0 aliphatic carbocycles. The number of amides is 2. The SMILES string of the molecule is CC(C)(C)OC(=O)N1CC2C(=O)NC2C(C)(C)C1. The Morgan fingerprint density at radius 2 is 2.06 bits per heavy atom. The van der Waals surface area contributed by atoms with E-state index < -0.39 is 5.60 Å². The second-order valence-corrected chi connectivity index (χ2v) is 6.94. The van der Waals surface area contributed by atoms with Gasteiger partial charge in [0.1, 0.15) is 5.60 Å². The van der Waals surface area contributed by atoms with E-state index in [1.54, 1.807) is 4.90 Å². The molecule has 102 valence electrons. The van der Waals surface area contributed by atoms with E-state index in [9.17, 15) is 9.59 Å². The third kappa shape index (κ3) is 2.31. The summed E-state index contributed by atoms with van der Waals surface area (Å²) in [6.45, 7) is 10.8. The van der Waals surface area contributed by atoms with Gasteiger partial charge in [-0.25, -0.2) is 4.79 Å². The van der Waals surface area contributed by atoms with Crippen LogP contribution in [-0.4, -0.2) is 41.6 Å². The first-order valence-corrected chi connectivity index (χ1v) is 6.38. The minimum Gasteiger partial charge on any atom is -0.444 e. The molecule has 2 rings (SSSR count). The number of carbonyl (C=O) groups is 2. The van der Waals surface area contributed by atoms with Crippen LogP contribution in [0.15, 0.2) is 0 Å². The van der Waals surface area contributed by atoms with Crippen LogP contribution >= 0.6 is 0 Å². The maximum Gasteiger partial charge on any atom is 0.410 e. The molecule has 0 spiro atoms. The Labute approximate surface area is 108 Å². The number of likely N-dealkylation sites (tertiary alicyclic amines) is 1. The monoisotopic (exact) mass is 254 g/mol. The topological polar surface area (TPSA) is 58.6 Å². The van der Waals surface area contributed by atoms with Crippen LogP contribution in [0.5, 0.6) is 0 Å². The second-order valence-electron chi connectivity index (χ2n) is 6.94. The Morgan fingerprint density at radius 3 is 2.56 bits per heavy atom. The van der Waals surface area contributed by atoms with Gasteiger partial charge in [-0.1, -0.05) is 13.8 Å². The summed E-state index contributed by atoms with van der Waals surface area (Å²) in [5, 5.41) is 2.92. The highest BCUT2D eigenvalue weighted by Crippen LogP contribution is 2.38. The molecule has 0 radical (unpaired) electrons. The quantitative estimate of drug-likeness (QED) is 0.664. The lowest BCUT2D eigenvalue weighted by molar-refractivity contribution is -0.145. The van der Waals surface area contributed by atoms with Crippen molar-refractivity contribution < 1.29 is 14.3 Å². The van der Waals surface area contributed by atoms with Crippen molar-refractivity contribution >= 4 is 12.0 Å². The average molecular weight is 254 g/mol. The van der Waals surface area contributed by atoms with E-state index in [0.717, 1.165) is 0 Å². The summed E-state index contributed by atoms with van der Waals surface area (Å²) in [4.78, 5) is 25.2. The van der Waals surface area contributed by atoms with Gasteiger partial charge in [-0.05, 0) is 20.8 Å². The van der Waals surface area contributed by atoms with Crippen LogP contribution in [0.25, 0.3) is 0 Å². The van der Waals surface area contributed by atoms with Crippen molar-refractivity contribution in [1.82, 2.24) is 10.2 Å². The van der Waals surface area contributed by atoms with E-state index in [2.05, 4.69) is 19.2 Å². The van der Waals surface area contributed by atoms with Crippen LogP contribution in [0.2, 0.25) is 0 Å². The average Bonchev–Trinajstić information content (AvgIpc) is 2.16. The molecule has 2 aliphatic heterocycles. The summed E-state index contributed by atoms with van der Waals surface area (Å²) in [5.74, 6) is -0.0393. The largest absolute Gasteiger partial charge is 0.444 e. The number of rotatable bonds is 0. The van der Waals surface area contributed by atoms with E-state index in [4.69, 9.17) is 4.74 Å². The van der Waals surface area contributed by atoms with Crippen LogP contribution in [0.3, 0.4) is 0 Å². The molecule has 2 saturated heterocycles. The first-order valence-electron chi connectivity index (χ1n) is 6.38. The number of carbonyl (C=O) groups excluding carboxylic acids is 2. The van der Waals surface area contributed by atoms with Crippen molar-refractivity contribution in [3.05, 3.63) is 0 Å². The predicted molar refractivity (Wildman–Crippen MR) is 67.0 cm³/mol. The van der Waals surface area contributed by atoms with Crippen LogP contribution in [0, 0.1) is 11.3 Å². The number of β-lactam (4-membered cyclic amide) rings is 1. The van der Waals surface area contributed by atoms with Crippen molar-refractivity contribution in [2.45, 2.75) is 46.3 Å². The highest BCUT2D eigenvalue weighted by Gasteiger charge is 2.53. The lowest BCUT2D eigenvalue weighted by Crippen LogP contribution is -2.72.